The van der Waals surface area contributed by atoms with Gasteiger partial charge in [-0.1, -0.05) is 54.5 Å². The van der Waals surface area contributed by atoms with E-state index in [4.69, 9.17) is 7.85 Å². The van der Waals surface area contributed by atoms with Gasteiger partial charge in [0, 0.05) is 0 Å². The summed E-state index contributed by atoms with van der Waals surface area (Å²) in [5.41, 5.74) is 2.83. The summed E-state index contributed by atoms with van der Waals surface area (Å²) in [5, 5.41) is 0. The van der Waals surface area contributed by atoms with Crippen molar-refractivity contribution in [3.8, 4) is 0 Å². The van der Waals surface area contributed by atoms with Gasteiger partial charge in [0.05, 0.1) is 0 Å². The van der Waals surface area contributed by atoms with Gasteiger partial charge in [-0.25, -0.2) is 4.39 Å². The Morgan fingerprint density at radius 2 is 1.69 bits per heavy atom. The Bertz CT molecular complexity index is 518. The van der Waals surface area contributed by atoms with Crippen LogP contribution >= 0.6 is 0 Å². The molecule has 2 radical (unpaired) electrons. The van der Waals surface area contributed by atoms with E-state index < -0.39 is 5.82 Å². The van der Waals surface area contributed by atoms with Crippen LogP contribution in [0.25, 0.3) is 5.57 Å². The Kier molecular flexibility index (Phi) is 2.91. The standard InChI is InChI=1S/C14H10BF/c1-10(11-5-3-2-4-6-11)12-7-8-14(16)13(15)9-12/h2-9H,1H2. The van der Waals surface area contributed by atoms with Crippen LogP contribution in [0.4, 0.5) is 4.39 Å². The predicted molar refractivity (Wildman–Crippen MR) is 66.4 cm³/mol. The van der Waals surface area contributed by atoms with Crippen LogP contribution in [0.5, 0.6) is 0 Å². The van der Waals surface area contributed by atoms with Gasteiger partial charge >= 0.3 is 0 Å². The second-order valence-corrected chi connectivity index (χ2v) is 3.58. The fourth-order valence-electron chi connectivity index (χ4n) is 1.54. The van der Waals surface area contributed by atoms with E-state index in [9.17, 15) is 4.39 Å². The molecule has 16 heavy (non-hydrogen) atoms. The minimum Gasteiger partial charge on any atom is -0.208 e. The van der Waals surface area contributed by atoms with Crippen LogP contribution < -0.4 is 5.46 Å². The number of benzene rings is 2. The summed E-state index contributed by atoms with van der Waals surface area (Å²) in [4.78, 5) is 0. The van der Waals surface area contributed by atoms with E-state index >= 15 is 0 Å². The van der Waals surface area contributed by atoms with Crippen molar-refractivity contribution in [1.82, 2.24) is 0 Å². The Balaban J connectivity index is 2.39. The zero-order valence-corrected chi connectivity index (χ0v) is 8.78. The molecule has 2 aromatic carbocycles. The lowest BCUT2D eigenvalue weighted by Crippen LogP contribution is -2.08. The smallest absolute Gasteiger partial charge is 0.117 e. The van der Waals surface area contributed by atoms with Gasteiger partial charge in [0.2, 0.25) is 0 Å². The lowest BCUT2D eigenvalue weighted by atomic mass is 9.90. The monoisotopic (exact) mass is 208 g/mol. The molecule has 0 amide bonds. The third-order valence-corrected chi connectivity index (χ3v) is 2.47. The van der Waals surface area contributed by atoms with Crippen molar-refractivity contribution in [2.75, 3.05) is 0 Å². The molecular weight excluding hydrogens is 198 g/mol. The molecule has 0 aliphatic heterocycles. The SMILES string of the molecule is [B]c1cc(C(=C)c2ccccc2)ccc1F. The first-order chi connectivity index (χ1) is 7.68. The Labute approximate surface area is 95.8 Å². The molecule has 0 unspecified atom stereocenters. The van der Waals surface area contributed by atoms with Gasteiger partial charge in [-0.05, 0) is 22.8 Å². The average Bonchev–Trinajstić information content (AvgIpc) is 2.33. The first-order valence-electron chi connectivity index (χ1n) is 4.98. The van der Waals surface area contributed by atoms with Gasteiger partial charge in [-0.2, -0.15) is 0 Å². The molecule has 0 N–H and O–H groups in total. The van der Waals surface area contributed by atoms with E-state index in [0.717, 1.165) is 16.7 Å². The summed E-state index contributed by atoms with van der Waals surface area (Å²) in [6, 6.07) is 14.4. The Morgan fingerprint density at radius 3 is 2.31 bits per heavy atom. The number of hydrogen-bond donors (Lipinski definition) is 0. The van der Waals surface area contributed by atoms with Crippen LogP contribution in [-0.4, -0.2) is 7.85 Å². The summed E-state index contributed by atoms with van der Waals surface area (Å²) in [6.45, 7) is 3.99. The minimum absolute atomic E-state index is 0.148. The molecule has 0 heterocycles. The molecule has 0 nitrogen and oxygen atoms in total. The van der Waals surface area contributed by atoms with E-state index in [1.54, 1.807) is 12.1 Å². The molecule has 0 saturated carbocycles. The van der Waals surface area contributed by atoms with Crippen molar-refractivity contribution >= 4 is 18.9 Å². The highest BCUT2D eigenvalue weighted by Gasteiger charge is 2.03. The van der Waals surface area contributed by atoms with Gasteiger partial charge in [-0.3, -0.25) is 0 Å². The van der Waals surface area contributed by atoms with Crippen LogP contribution in [0.3, 0.4) is 0 Å². The van der Waals surface area contributed by atoms with Gasteiger partial charge in [-0.15, -0.1) is 0 Å². The van der Waals surface area contributed by atoms with E-state index in [2.05, 4.69) is 6.58 Å². The fourth-order valence-corrected chi connectivity index (χ4v) is 1.54. The average molecular weight is 208 g/mol. The zero-order valence-electron chi connectivity index (χ0n) is 8.78. The lowest BCUT2D eigenvalue weighted by Gasteiger charge is -2.07. The molecule has 0 aliphatic carbocycles. The van der Waals surface area contributed by atoms with E-state index in [1.165, 1.54) is 6.07 Å². The summed E-state index contributed by atoms with van der Waals surface area (Å²) < 4.78 is 13.0. The highest BCUT2D eigenvalue weighted by atomic mass is 19.1. The van der Waals surface area contributed by atoms with Gasteiger partial charge in [0.15, 0.2) is 0 Å². The van der Waals surface area contributed by atoms with Crippen molar-refractivity contribution in [3.63, 3.8) is 0 Å². The first kappa shape index (κ1) is 10.7. The maximum Gasteiger partial charge on any atom is 0.117 e. The molecule has 0 aliphatic rings. The molecule has 2 heteroatoms. The molecule has 0 aromatic heterocycles. The van der Waals surface area contributed by atoms with Crippen LogP contribution in [0.15, 0.2) is 55.1 Å². The number of hydrogen-bond acceptors (Lipinski definition) is 0. The number of rotatable bonds is 2. The van der Waals surface area contributed by atoms with Crippen molar-refractivity contribution in [1.29, 1.82) is 0 Å². The number of halogens is 1. The minimum atomic E-state index is -0.399. The third-order valence-electron chi connectivity index (χ3n) is 2.47. The maximum absolute atomic E-state index is 13.0. The Hall–Kier alpha value is -1.83. The van der Waals surface area contributed by atoms with Crippen LogP contribution in [0.2, 0.25) is 0 Å². The Morgan fingerprint density at radius 1 is 1.00 bits per heavy atom. The fraction of sp³-hybridized carbons (Fsp3) is 0. The largest absolute Gasteiger partial charge is 0.208 e. The van der Waals surface area contributed by atoms with Crippen LogP contribution in [0.1, 0.15) is 11.1 Å². The van der Waals surface area contributed by atoms with Gasteiger partial charge < -0.3 is 0 Å². The molecule has 2 aromatic rings. The van der Waals surface area contributed by atoms with Gasteiger partial charge in [0.1, 0.15) is 13.7 Å². The highest BCUT2D eigenvalue weighted by molar-refractivity contribution is 6.32. The van der Waals surface area contributed by atoms with E-state index in [-0.39, 0.29) is 5.46 Å². The first-order valence-corrected chi connectivity index (χ1v) is 4.98. The van der Waals surface area contributed by atoms with Crippen molar-refractivity contribution < 1.29 is 4.39 Å². The molecule has 2 rings (SSSR count). The molecule has 0 atom stereocenters. The predicted octanol–water partition coefficient (Wildman–Crippen LogP) is 2.68. The molecule has 0 bridgehead atoms. The van der Waals surface area contributed by atoms with E-state index in [1.807, 2.05) is 30.3 Å². The quantitative estimate of drug-likeness (QED) is 0.665. The summed E-state index contributed by atoms with van der Waals surface area (Å²) in [5.74, 6) is -0.399. The van der Waals surface area contributed by atoms with Crippen molar-refractivity contribution in [2.45, 2.75) is 0 Å². The molecular formula is C14H10BF. The topological polar surface area (TPSA) is 0 Å². The summed E-state index contributed by atoms with van der Waals surface area (Å²) in [6.07, 6.45) is 0. The normalized spacial score (nSPS) is 10.1. The maximum atomic E-state index is 13.0. The van der Waals surface area contributed by atoms with Crippen LogP contribution in [-0.2, 0) is 0 Å². The van der Waals surface area contributed by atoms with Crippen LogP contribution in [0, 0.1) is 5.82 Å². The molecule has 0 fully saturated rings. The summed E-state index contributed by atoms with van der Waals surface area (Å²) >= 11 is 0. The second-order valence-electron chi connectivity index (χ2n) is 3.58. The summed E-state index contributed by atoms with van der Waals surface area (Å²) in [7, 11) is 5.52. The highest BCUT2D eigenvalue weighted by Crippen LogP contribution is 2.20. The molecule has 0 spiro atoms. The molecule has 0 saturated heterocycles. The van der Waals surface area contributed by atoms with Crippen molar-refractivity contribution in [3.05, 3.63) is 72.1 Å². The lowest BCUT2D eigenvalue weighted by molar-refractivity contribution is 0.636. The second kappa shape index (κ2) is 4.36. The third kappa shape index (κ3) is 2.06. The van der Waals surface area contributed by atoms with Gasteiger partial charge in [0.25, 0.3) is 0 Å². The van der Waals surface area contributed by atoms with E-state index in [0.29, 0.717) is 0 Å². The zero-order chi connectivity index (χ0) is 11.5. The van der Waals surface area contributed by atoms with Crippen molar-refractivity contribution in [2.24, 2.45) is 0 Å². The molecule has 76 valence electrons.